The Morgan fingerprint density at radius 2 is 1.56 bits per heavy atom. The second-order valence-electron chi connectivity index (χ2n) is 7.91. The van der Waals surface area contributed by atoms with E-state index in [4.69, 9.17) is 9.15 Å². The van der Waals surface area contributed by atoms with Crippen molar-refractivity contribution >= 4 is 15.6 Å². The first-order valence-corrected chi connectivity index (χ1v) is 12.2. The maximum absolute atomic E-state index is 13.6. The minimum absolute atomic E-state index is 0.102. The van der Waals surface area contributed by atoms with Crippen molar-refractivity contribution in [2.24, 2.45) is 0 Å². The third-order valence-electron chi connectivity index (χ3n) is 5.58. The molecular weight excluding hydrogens is 455 g/mol. The molecule has 0 aliphatic rings. The number of methoxy groups -OCH3 is 1. The largest absolute Gasteiger partial charge is 0.497 e. The molecule has 0 saturated heterocycles. The molecular formula is C27H23FO5S. The Bertz CT molecular complexity index is 1390. The molecule has 0 saturated carbocycles. The lowest BCUT2D eigenvalue weighted by atomic mass is 10.1. The van der Waals surface area contributed by atoms with Gasteiger partial charge >= 0.3 is 0 Å². The fourth-order valence-electron chi connectivity index (χ4n) is 3.61. The first kappa shape index (κ1) is 23.4. The van der Waals surface area contributed by atoms with Gasteiger partial charge in [-0.3, -0.25) is 4.79 Å². The summed E-state index contributed by atoms with van der Waals surface area (Å²) in [4.78, 5) is 13.2. The van der Waals surface area contributed by atoms with Crippen LogP contribution in [0, 0.1) is 12.7 Å². The number of rotatable bonds is 8. The molecule has 174 valence electrons. The number of ketones is 1. The van der Waals surface area contributed by atoms with E-state index in [0.717, 1.165) is 5.56 Å². The summed E-state index contributed by atoms with van der Waals surface area (Å²) in [5.41, 5.74) is 1.89. The summed E-state index contributed by atoms with van der Waals surface area (Å²) >= 11 is 0. The molecule has 4 aromatic rings. The van der Waals surface area contributed by atoms with E-state index in [1.54, 1.807) is 60.7 Å². The number of carbonyl (C=O) groups is 1. The molecule has 34 heavy (non-hydrogen) atoms. The van der Waals surface area contributed by atoms with E-state index in [0.29, 0.717) is 22.6 Å². The van der Waals surface area contributed by atoms with Gasteiger partial charge in [0.1, 0.15) is 28.3 Å². The zero-order chi connectivity index (χ0) is 24.3. The van der Waals surface area contributed by atoms with Crippen LogP contribution in [0.2, 0.25) is 0 Å². The van der Waals surface area contributed by atoms with Crippen LogP contribution in [-0.2, 0) is 9.84 Å². The molecule has 0 bridgehead atoms. The molecule has 0 N–H and O–H groups in total. The average Bonchev–Trinajstić information content (AvgIpc) is 3.33. The molecule has 0 spiro atoms. The molecule has 0 radical (unpaired) electrons. The van der Waals surface area contributed by atoms with Gasteiger partial charge in [-0.15, -0.1) is 0 Å². The Hall–Kier alpha value is -3.71. The summed E-state index contributed by atoms with van der Waals surface area (Å²) in [6, 6.07) is 21.8. The van der Waals surface area contributed by atoms with Gasteiger partial charge in [-0.1, -0.05) is 17.7 Å². The Morgan fingerprint density at radius 3 is 2.18 bits per heavy atom. The molecule has 5 nitrogen and oxygen atoms in total. The van der Waals surface area contributed by atoms with Crippen LogP contribution in [0.3, 0.4) is 0 Å². The summed E-state index contributed by atoms with van der Waals surface area (Å²) in [6.07, 6.45) is -0.307. The summed E-state index contributed by atoms with van der Waals surface area (Å²) in [5, 5.41) is -1.24. The Balaban J connectivity index is 1.72. The highest BCUT2D eigenvalue weighted by molar-refractivity contribution is 7.91. The number of halogens is 1. The molecule has 0 aliphatic carbocycles. The van der Waals surface area contributed by atoms with Crippen molar-refractivity contribution in [3.8, 4) is 17.1 Å². The van der Waals surface area contributed by atoms with Crippen molar-refractivity contribution in [1.82, 2.24) is 0 Å². The summed E-state index contributed by atoms with van der Waals surface area (Å²) < 4.78 is 51.6. The third kappa shape index (κ3) is 4.94. The summed E-state index contributed by atoms with van der Waals surface area (Å²) in [7, 11) is -2.44. The van der Waals surface area contributed by atoms with E-state index in [1.165, 1.54) is 31.4 Å². The second kappa shape index (κ2) is 9.65. The van der Waals surface area contributed by atoms with E-state index in [-0.39, 0.29) is 28.7 Å². The Labute approximate surface area is 197 Å². The van der Waals surface area contributed by atoms with Crippen LogP contribution in [0.5, 0.6) is 5.75 Å². The number of hydrogen-bond donors (Lipinski definition) is 0. The zero-order valence-corrected chi connectivity index (χ0v) is 19.5. The highest BCUT2D eigenvalue weighted by Crippen LogP contribution is 2.36. The molecule has 1 unspecified atom stereocenters. The standard InChI is InChI=1S/C27H23FO5S/c1-18-3-13-23(14-4-18)34(30,31)27(17-24(29)19-7-11-22(32-2)12-8-19)26-16-15-25(33-26)20-5-9-21(28)10-6-20/h3-16,27H,17H2,1-2H3. The van der Waals surface area contributed by atoms with Gasteiger partial charge in [-0.2, -0.15) is 0 Å². The number of aryl methyl sites for hydroxylation is 1. The normalized spacial score (nSPS) is 12.3. The number of Topliss-reactive ketones (excluding diaryl/α,β-unsaturated/α-hetero) is 1. The Morgan fingerprint density at radius 1 is 0.912 bits per heavy atom. The van der Waals surface area contributed by atoms with Crippen molar-refractivity contribution in [2.75, 3.05) is 7.11 Å². The monoisotopic (exact) mass is 478 g/mol. The molecule has 1 heterocycles. The van der Waals surface area contributed by atoms with Crippen LogP contribution in [0.25, 0.3) is 11.3 Å². The molecule has 0 aliphatic heterocycles. The number of sulfone groups is 1. The third-order valence-corrected chi connectivity index (χ3v) is 7.66. The predicted octanol–water partition coefficient (Wildman–Crippen LogP) is 6.19. The molecule has 1 atom stereocenters. The highest BCUT2D eigenvalue weighted by Gasteiger charge is 2.34. The van der Waals surface area contributed by atoms with Gasteiger partial charge in [0.05, 0.1) is 12.0 Å². The van der Waals surface area contributed by atoms with Crippen LogP contribution >= 0.6 is 0 Å². The van der Waals surface area contributed by atoms with Gasteiger partial charge in [0.25, 0.3) is 0 Å². The zero-order valence-electron chi connectivity index (χ0n) is 18.7. The number of benzene rings is 3. The van der Waals surface area contributed by atoms with Crippen molar-refractivity contribution in [3.63, 3.8) is 0 Å². The van der Waals surface area contributed by atoms with E-state index >= 15 is 0 Å². The fourth-order valence-corrected chi connectivity index (χ4v) is 5.26. The van der Waals surface area contributed by atoms with E-state index < -0.39 is 15.1 Å². The topological polar surface area (TPSA) is 73.6 Å². The van der Waals surface area contributed by atoms with Gasteiger partial charge in [0.15, 0.2) is 15.6 Å². The molecule has 7 heteroatoms. The predicted molar refractivity (Wildman–Crippen MR) is 127 cm³/mol. The van der Waals surface area contributed by atoms with E-state index in [2.05, 4.69) is 0 Å². The first-order chi connectivity index (χ1) is 16.3. The fraction of sp³-hybridized carbons (Fsp3) is 0.148. The molecule has 0 amide bonds. The lowest BCUT2D eigenvalue weighted by molar-refractivity contribution is 0.0978. The van der Waals surface area contributed by atoms with Crippen LogP contribution in [-0.4, -0.2) is 21.3 Å². The van der Waals surface area contributed by atoms with Crippen molar-refractivity contribution in [3.05, 3.63) is 108 Å². The van der Waals surface area contributed by atoms with Gasteiger partial charge in [0, 0.05) is 17.5 Å². The van der Waals surface area contributed by atoms with Gasteiger partial charge in [-0.05, 0) is 79.7 Å². The first-order valence-electron chi connectivity index (χ1n) is 10.6. The second-order valence-corrected chi connectivity index (χ2v) is 10.0. The molecule has 3 aromatic carbocycles. The van der Waals surface area contributed by atoms with Crippen molar-refractivity contribution < 1.29 is 26.8 Å². The molecule has 4 rings (SSSR count). The average molecular weight is 479 g/mol. The SMILES string of the molecule is COc1ccc(C(=O)CC(c2ccc(-c3ccc(F)cc3)o2)S(=O)(=O)c2ccc(C)cc2)cc1. The quantitative estimate of drug-likeness (QED) is 0.282. The van der Waals surface area contributed by atoms with Gasteiger partial charge in [-0.25, -0.2) is 12.8 Å². The van der Waals surface area contributed by atoms with Crippen LogP contribution < -0.4 is 4.74 Å². The van der Waals surface area contributed by atoms with Crippen molar-refractivity contribution in [2.45, 2.75) is 23.5 Å². The number of hydrogen-bond acceptors (Lipinski definition) is 5. The maximum Gasteiger partial charge on any atom is 0.188 e. The van der Waals surface area contributed by atoms with E-state index in [1.807, 2.05) is 6.92 Å². The van der Waals surface area contributed by atoms with Crippen LogP contribution in [0.1, 0.15) is 33.4 Å². The summed E-state index contributed by atoms with van der Waals surface area (Å²) in [6.45, 7) is 1.86. The Kier molecular flexibility index (Phi) is 6.65. The highest BCUT2D eigenvalue weighted by atomic mass is 32.2. The lowest BCUT2D eigenvalue weighted by Crippen LogP contribution is -2.17. The van der Waals surface area contributed by atoms with E-state index in [9.17, 15) is 17.6 Å². The van der Waals surface area contributed by atoms with Crippen LogP contribution in [0.4, 0.5) is 4.39 Å². The van der Waals surface area contributed by atoms with Gasteiger partial charge in [0.2, 0.25) is 0 Å². The summed E-state index contributed by atoms with van der Waals surface area (Å²) in [5.74, 6) is 0.386. The molecule has 1 aromatic heterocycles. The minimum atomic E-state index is -3.96. The minimum Gasteiger partial charge on any atom is -0.497 e. The lowest BCUT2D eigenvalue weighted by Gasteiger charge is -2.16. The molecule has 0 fully saturated rings. The van der Waals surface area contributed by atoms with Gasteiger partial charge < -0.3 is 9.15 Å². The van der Waals surface area contributed by atoms with Crippen molar-refractivity contribution in [1.29, 1.82) is 0 Å². The number of ether oxygens (including phenoxy) is 1. The smallest absolute Gasteiger partial charge is 0.188 e. The number of carbonyl (C=O) groups excluding carboxylic acids is 1. The van der Waals surface area contributed by atoms with Crippen LogP contribution in [0.15, 0.2) is 94.2 Å². The maximum atomic E-state index is 13.6. The number of furan rings is 1.